The summed E-state index contributed by atoms with van der Waals surface area (Å²) in [4.78, 5) is 22.8. The quantitative estimate of drug-likeness (QED) is 0.648. The third-order valence-electron chi connectivity index (χ3n) is 3.36. The smallest absolute Gasteiger partial charge is 0.407 e. The zero-order valence-corrected chi connectivity index (χ0v) is 13.9. The van der Waals surface area contributed by atoms with Gasteiger partial charge in [0.05, 0.1) is 5.56 Å². The molecule has 5 nitrogen and oxygen atoms in total. The molecule has 0 saturated heterocycles. The van der Waals surface area contributed by atoms with Crippen LogP contribution in [0.3, 0.4) is 0 Å². The Morgan fingerprint density at radius 3 is 2.64 bits per heavy atom. The molecule has 128 valence electrons. The minimum absolute atomic E-state index is 0.183. The van der Waals surface area contributed by atoms with E-state index < -0.39 is 12.1 Å². The van der Waals surface area contributed by atoms with Crippen LogP contribution in [-0.2, 0) is 11.3 Å². The van der Waals surface area contributed by atoms with Gasteiger partial charge in [0.15, 0.2) is 0 Å². The van der Waals surface area contributed by atoms with Gasteiger partial charge in [-0.1, -0.05) is 53.8 Å². The molecule has 0 unspecified atom stereocenters. The van der Waals surface area contributed by atoms with Crippen LogP contribution in [0.5, 0.6) is 0 Å². The molecule has 0 radical (unpaired) electrons. The van der Waals surface area contributed by atoms with Crippen molar-refractivity contribution in [2.45, 2.75) is 20.0 Å². The number of hydrogen-bond acceptors (Lipinski definition) is 3. The average Bonchev–Trinajstić information content (AvgIpc) is 2.61. The summed E-state index contributed by atoms with van der Waals surface area (Å²) in [6.45, 7) is 2.37. The van der Waals surface area contributed by atoms with E-state index in [9.17, 15) is 14.7 Å². The molecular formula is C20H19NO4. The molecule has 0 bridgehead atoms. The van der Waals surface area contributed by atoms with Crippen molar-refractivity contribution in [3.05, 3.63) is 70.8 Å². The molecule has 0 fully saturated rings. The minimum atomic E-state index is -1.00. The number of carbonyl (C=O) groups excluding carboxylic acids is 1. The zero-order chi connectivity index (χ0) is 18.1. The van der Waals surface area contributed by atoms with Crippen LogP contribution in [0, 0.1) is 18.8 Å². The number of ether oxygens (including phenoxy) is 1. The third kappa shape index (κ3) is 6.04. The second kappa shape index (κ2) is 9.14. The van der Waals surface area contributed by atoms with Crippen molar-refractivity contribution in [3.8, 4) is 11.8 Å². The Kier molecular flexibility index (Phi) is 6.61. The predicted octanol–water partition coefficient (Wildman–Crippen LogP) is 3.36. The van der Waals surface area contributed by atoms with E-state index in [0.717, 1.165) is 11.1 Å². The molecule has 0 aliphatic carbocycles. The SMILES string of the molecule is Cc1ccc(C#CCCNC(=O)OCc2ccccc2)c(C(=O)O)c1. The fourth-order valence-corrected chi connectivity index (χ4v) is 2.10. The van der Waals surface area contributed by atoms with Crippen molar-refractivity contribution >= 4 is 12.1 Å². The van der Waals surface area contributed by atoms with E-state index in [1.807, 2.05) is 43.3 Å². The molecule has 1 amide bonds. The Morgan fingerprint density at radius 1 is 1.16 bits per heavy atom. The van der Waals surface area contributed by atoms with E-state index in [2.05, 4.69) is 17.2 Å². The summed E-state index contributed by atoms with van der Waals surface area (Å²) >= 11 is 0. The van der Waals surface area contributed by atoms with Gasteiger partial charge in [-0.25, -0.2) is 9.59 Å². The van der Waals surface area contributed by atoms with Crippen LogP contribution in [0.25, 0.3) is 0 Å². The van der Waals surface area contributed by atoms with Crippen molar-refractivity contribution in [1.82, 2.24) is 5.32 Å². The first-order valence-corrected chi connectivity index (χ1v) is 7.83. The molecule has 0 spiro atoms. The number of amides is 1. The first kappa shape index (κ1) is 18.1. The zero-order valence-electron chi connectivity index (χ0n) is 13.9. The highest BCUT2D eigenvalue weighted by Crippen LogP contribution is 2.10. The number of carboxylic acids is 1. The highest BCUT2D eigenvalue weighted by Gasteiger charge is 2.08. The Balaban J connectivity index is 1.77. The summed E-state index contributed by atoms with van der Waals surface area (Å²) in [5, 5.41) is 11.8. The van der Waals surface area contributed by atoms with Crippen molar-refractivity contribution in [2.24, 2.45) is 0 Å². The molecule has 0 aliphatic heterocycles. The van der Waals surface area contributed by atoms with Crippen LogP contribution >= 0.6 is 0 Å². The summed E-state index contributed by atoms with van der Waals surface area (Å²) < 4.78 is 5.08. The molecule has 2 aromatic rings. The number of nitrogens with one attached hydrogen (secondary N) is 1. The first-order valence-electron chi connectivity index (χ1n) is 7.83. The molecule has 2 rings (SSSR count). The largest absolute Gasteiger partial charge is 0.478 e. The van der Waals surface area contributed by atoms with E-state index in [4.69, 9.17) is 4.74 Å². The maximum absolute atomic E-state index is 11.6. The summed E-state index contributed by atoms with van der Waals surface area (Å²) in [5.74, 6) is 4.69. The summed E-state index contributed by atoms with van der Waals surface area (Å²) in [7, 11) is 0. The van der Waals surface area contributed by atoms with Crippen molar-refractivity contribution in [2.75, 3.05) is 6.54 Å². The molecule has 0 aliphatic rings. The Hall–Kier alpha value is -3.26. The number of hydrogen-bond donors (Lipinski definition) is 2. The lowest BCUT2D eigenvalue weighted by molar-refractivity contribution is 0.0696. The van der Waals surface area contributed by atoms with Gasteiger partial charge >= 0.3 is 12.1 Å². The van der Waals surface area contributed by atoms with Gasteiger partial charge in [0.25, 0.3) is 0 Å². The monoisotopic (exact) mass is 337 g/mol. The average molecular weight is 337 g/mol. The van der Waals surface area contributed by atoms with E-state index in [0.29, 0.717) is 18.5 Å². The van der Waals surface area contributed by atoms with Gasteiger partial charge in [0.1, 0.15) is 6.61 Å². The van der Waals surface area contributed by atoms with Gasteiger partial charge in [-0.2, -0.15) is 0 Å². The van der Waals surface area contributed by atoms with E-state index in [1.54, 1.807) is 12.1 Å². The second-order valence-electron chi connectivity index (χ2n) is 5.39. The summed E-state index contributed by atoms with van der Waals surface area (Å²) in [6.07, 6.45) is -0.111. The van der Waals surface area contributed by atoms with E-state index in [1.165, 1.54) is 0 Å². The number of alkyl carbamates (subject to hydrolysis) is 1. The fourth-order valence-electron chi connectivity index (χ4n) is 2.10. The maximum Gasteiger partial charge on any atom is 0.407 e. The third-order valence-corrected chi connectivity index (χ3v) is 3.36. The molecule has 5 heteroatoms. The second-order valence-corrected chi connectivity index (χ2v) is 5.39. The number of carboxylic acid groups (broad SMARTS) is 1. The number of aromatic carboxylic acids is 1. The number of benzene rings is 2. The van der Waals surface area contributed by atoms with Crippen LogP contribution in [0.15, 0.2) is 48.5 Å². The normalized spacial score (nSPS) is 9.64. The molecule has 0 saturated carbocycles. The summed E-state index contributed by atoms with van der Waals surface area (Å²) in [5.41, 5.74) is 2.43. The molecule has 2 aromatic carbocycles. The molecule has 0 heterocycles. The van der Waals surface area contributed by atoms with Gasteiger partial charge in [-0.3, -0.25) is 0 Å². The van der Waals surface area contributed by atoms with Gasteiger partial charge in [-0.15, -0.1) is 0 Å². The molecule has 0 aromatic heterocycles. The topological polar surface area (TPSA) is 75.6 Å². The van der Waals surface area contributed by atoms with Crippen molar-refractivity contribution in [3.63, 3.8) is 0 Å². The van der Waals surface area contributed by atoms with Gasteiger partial charge in [0.2, 0.25) is 0 Å². The number of rotatable bonds is 5. The molecular weight excluding hydrogens is 318 g/mol. The molecule has 0 atom stereocenters. The first-order chi connectivity index (χ1) is 12.1. The van der Waals surface area contributed by atoms with Gasteiger partial charge < -0.3 is 15.2 Å². The van der Waals surface area contributed by atoms with Crippen LogP contribution in [0.4, 0.5) is 4.79 Å². The van der Waals surface area contributed by atoms with Crippen LogP contribution in [0.1, 0.15) is 33.5 Å². The summed E-state index contributed by atoms with van der Waals surface area (Å²) in [6, 6.07) is 14.5. The molecule has 2 N–H and O–H groups in total. The van der Waals surface area contributed by atoms with Gasteiger partial charge in [0, 0.05) is 18.5 Å². The highest BCUT2D eigenvalue weighted by atomic mass is 16.5. The highest BCUT2D eigenvalue weighted by molar-refractivity contribution is 5.91. The van der Waals surface area contributed by atoms with Gasteiger partial charge in [-0.05, 0) is 24.6 Å². The van der Waals surface area contributed by atoms with Crippen LogP contribution < -0.4 is 5.32 Å². The lowest BCUT2D eigenvalue weighted by Crippen LogP contribution is -2.24. The lowest BCUT2D eigenvalue weighted by atomic mass is 10.0. The number of aryl methyl sites for hydroxylation is 1. The standard InChI is InChI=1S/C20H19NO4/c1-15-10-11-17(18(13-15)19(22)23)9-5-6-12-21-20(24)25-14-16-7-3-2-4-8-16/h2-4,7-8,10-11,13H,6,12,14H2,1H3,(H,21,24)(H,22,23). The Labute approximate surface area is 146 Å². The Bertz CT molecular complexity index is 803. The van der Waals surface area contributed by atoms with Crippen molar-refractivity contribution < 1.29 is 19.4 Å². The molecule has 25 heavy (non-hydrogen) atoms. The Morgan fingerprint density at radius 2 is 1.92 bits per heavy atom. The maximum atomic E-state index is 11.6. The predicted molar refractivity (Wildman–Crippen MR) is 94.3 cm³/mol. The number of carbonyl (C=O) groups is 2. The van der Waals surface area contributed by atoms with Crippen molar-refractivity contribution in [1.29, 1.82) is 0 Å². The van der Waals surface area contributed by atoms with E-state index in [-0.39, 0.29) is 12.2 Å². The van der Waals surface area contributed by atoms with Crippen LogP contribution in [0.2, 0.25) is 0 Å². The van der Waals surface area contributed by atoms with E-state index >= 15 is 0 Å². The van der Waals surface area contributed by atoms with Crippen LogP contribution in [-0.4, -0.2) is 23.7 Å². The lowest BCUT2D eigenvalue weighted by Gasteiger charge is -2.05. The minimum Gasteiger partial charge on any atom is -0.478 e. The fraction of sp³-hybridized carbons (Fsp3) is 0.200.